The van der Waals surface area contributed by atoms with E-state index in [4.69, 9.17) is 10.5 Å². The normalized spacial score (nSPS) is 12.5. The van der Waals surface area contributed by atoms with E-state index < -0.39 is 0 Å². The quantitative estimate of drug-likeness (QED) is 0.617. The molecule has 0 saturated carbocycles. The number of hydrogen-bond donors (Lipinski definition) is 1. The van der Waals surface area contributed by atoms with Crippen molar-refractivity contribution in [2.75, 3.05) is 13.2 Å². The summed E-state index contributed by atoms with van der Waals surface area (Å²) >= 11 is 0. The highest BCUT2D eigenvalue weighted by Crippen LogP contribution is 2.12. The maximum absolute atomic E-state index is 11.0. The van der Waals surface area contributed by atoms with Gasteiger partial charge in [-0.2, -0.15) is 0 Å². The van der Waals surface area contributed by atoms with E-state index in [0.717, 1.165) is 19.3 Å². The van der Waals surface area contributed by atoms with Gasteiger partial charge in [0.1, 0.15) is 0 Å². The topological polar surface area (TPSA) is 52.3 Å². The van der Waals surface area contributed by atoms with Crippen LogP contribution in [0.2, 0.25) is 0 Å². The van der Waals surface area contributed by atoms with Crippen molar-refractivity contribution in [2.45, 2.75) is 39.5 Å². The highest BCUT2D eigenvalue weighted by molar-refractivity contribution is 5.69. The first-order valence-electron chi connectivity index (χ1n) is 5.10. The molecule has 1 unspecified atom stereocenters. The Balaban J connectivity index is 3.52. The van der Waals surface area contributed by atoms with Gasteiger partial charge >= 0.3 is 5.97 Å². The van der Waals surface area contributed by atoms with Crippen molar-refractivity contribution < 1.29 is 9.53 Å². The predicted octanol–water partition coefficient (Wildman–Crippen LogP) is 1.70. The molecule has 0 spiro atoms. The second-order valence-corrected chi connectivity index (χ2v) is 3.23. The zero-order valence-corrected chi connectivity index (χ0v) is 8.71. The molecule has 2 N–H and O–H groups in total. The molecule has 0 aliphatic heterocycles. The van der Waals surface area contributed by atoms with E-state index in [1.165, 1.54) is 0 Å². The Morgan fingerprint density at radius 1 is 1.38 bits per heavy atom. The lowest BCUT2D eigenvalue weighted by atomic mass is 9.98. The molecule has 13 heavy (non-hydrogen) atoms. The fourth-order valence-corrected chi connectivity index (χ4v) is 1.34. The smallest absolute Gasteiger partial charge is 0.305 e. The summed E-state index contributed by atoms with van der Waals surface area (Å²) in [4.78, 5) is 11.0. The van der Waals surface area contributed by atoms with Gasteiger partial charge in [-0.3, -0.25) is 4.79 Å². The first-order valence-corrected chi connectivity index (χ1v) is 5.10. The Kier molecular flexibility index (Phi) is 7.69. The van der Waals surface area contributed by atoms with Crippen LogP contribution in [0.3, 0.4) is 0 Å². The van der Waals surface area contributed by atoms with E-state index in [1.807, 2.05) is 6.92 Å². The van der Waals surface area contributed by atoms with Crippen molar-refractivity contribution in [2.24, 2.45) is 11.7 Å². The molecule has 78 valence electrons. The van der Waals surface area contributed by atoms with Crippen LogP contribution in [-0.4, -0.2) is 19.1 Å². The van der Waals surface area contributed by atoms with Crippen LogP contribution in [0, 0.1) is 5.92 Å². The van der Waals surface area contributed by atoms with Crippen LogP contribution in [0.4, 0.5) is 0 Å². The molecular weight excluding hydrogens is 166 g/mol. The standard InChI is InChI=1S/C10H21NO2/c1-3-5-9(8-11)6-7-10(12)13-4-2/h9H,3-8,11H2,1-2H3. The second kappa shape index (κ2) is 8.05. The first-order chi connectivity index (χ1) is 6.24. The second-order valence-electron chi connectivity index (χ2n) is 3.23. The zero-order valence-electron chi connectivity index (χ0n) is 8.71. The van der Waals surface area contributed by atoms with Crippen molar-refractivity contribution in [3.05, 3.63) is 0 Å². The highest BCUT2D eigenvalue weighted by Gasteiger charge is 2.09. The molecule has 0 saturated heterocycles. The van der Waals surface area contributed by atoms with Crippen LogP contribution in [-0.2, 0) is 9.53 Å². The molecule has 0 rings (SSSR count). The van der Waals surface area contributed by atoms with Gasteiger partial charge in [0.2, 0.25) is 0 Å². The molecule has 0 aromatic heterocycles. The van der Waals surface area contributed by atoms with Gasteiger partial charge in [0.05, 0.1) is 6.61 Å². The van der Waals surface area contributed by atoms with Gasteiger partial charge in [-0.05, 0) is 32.2 Å². The summed E-state index contributed by atoms with van der Waals surface area (Å²) in [5.41, 5.74) is 5.57. The molecule has 0 aliphatic rings. The van der Waals surface area contributed by atoms with Crippen LogP contribution in [0.1, 0.15) is 39.5 Å². The third kappa shape index (κ3) is 6.58. The number of ether oxygens (including phenoxy) is 1. The Bertz CT molecular complexity index is 137. The molecule has 0 bridgehead atoms. The van der Waals surface area contributed by atoms with E-state index in [2.05, 4.69) is 6.92 Å². The Hall–Kier alpha value is -0.570. The summed E-state index contributed by atoms with van der Waals surface area (Å²) < 4.78 is 4.84. The maximum Gasteiger partial charge on any atom is 0.305 e. The first kappa shape index (κ1) is 12.4. The lowest BCUT2D eigenvalue weighted by Crippen LogP contribution is -2.16. The number of rotatable bonds is 7. The van der Waals surface area contributed by atoms with Gasteiger partial charge in [0.15, 0.2) is 0 Å². The molecular formula is C10H21NO2. The van der Waals surface area contributed by atoms with E-state index in [1.54, 1.807) is 0 Å². The minimum Gasteiger partial charge on any atom is -0.466 e. The molecule has 0 radical (unpaired) electrons. The Morgan fingerprint density at radius 3 is 2.54 bits per heavy atom. The van der Waals surface area contributed by atoms with Crippen molar-refractivity contribution in [1.29, 1.82) is 0 Å². The summed E-state index contributed by atoms with van der Waals surface area (Å²) in [5.74, 6) is 0.381. The molecule has 0 fully saturated rings. The summed E-state index contributed by atoms with van der Waals surface area (Å²) in [5, 5.41) is 0. The van der Waals surface area contributed by atoms with Crippen LogP contribution in [0.5, 0.6) is 0 Å². The van der Waals surface area contributed by atoms with Gasteiger partial charge < -0.3 is 10.5 Å². The number of nitrogens with two attached hydrogens (primary N) is 1. The van der Waals surface area contributed by atoms with Crippen molar-refractivity contribution in [3.63, 3.8) is 0 Å². The van der Waals surface area contributed by atoms with Gasteiger partial charge in [0, 0.05) is 6.42 Å². The molecule has 0 amide bonds. The van der Waals surface area contributed by atoms with Gasteiger partial charge in [-0.25, -0.2) is 0 Å². The molecule has 0 aromatic carbocycles. The molecule has 1 atom stereocenters. The summed E-state index contributed by atoms with van der Waals surface area (Å²) in [6.45, 7) is 5.10. The zero-order chi connectivity index (χ0) is 10.1. The van der Waals surface area contributed by atoms with Crippen molar-refractivity contribution in [1.82, 2.24) is 0 Å². The molecule has 0 aromatic rings. The fourth-order valence-electron chi connectivity index (χ4n) is 1.34. The SMILES string of the molecule is CCCC(CN)CCC(=O)OCC. The van der Waals surface area contributed by atoms with Crippen molar-refractivity contribution >= 4 is 5.97 Å². The van der Waals surface area contributed by atoms with E-state index >= 15 is 0 Å². The average Bonchev–Trinajstić information content (AvgIpc) is 2.12. The van der Waals surface area contributed by atoms with E-state index in [0.29, 0.717) is 25.5 Å². The number of hydrogen-bond acceptors (Lipinski definition) is 3. The van der Waals surface area contributed by atoms with E-state index in [9.17, 15) is 4.79 Å². The molecule has 3 nitrogen and oxygen atoms in total. The highest BCUT2D eigenvalue weighted by atomic mass is 16.5. The number of carbonyl (C=O) groups excluding carboxylic acids is 1. The third-order valence-electron chi connectivity index (χ3n) is 2.09. The lowest BCUT2D eigenvalue weighted by Gasteiger charge is -2.12. The Morgan fingerprint density at radius 2 is 2.08 bits per heavy atom. The predicted molar refractivity (Wildman–Crippen MR) is 53.3 cm³/mol. The van der Waals surface area contributed by atoms with E-state index in [-0.39, 0.29) is 5.97 Å². The summed E-state index contributed by atoms with van der Waals surface area (Å²) in [7, 11) is 0. The molecule has 3 heteroatoms. The van der Waals surface area contributed by atoms with Gasteiger partial charge in [-0.15, -0.1) is 0 Å². The summed E-state index contributed by atoms with van der Waals surface area (Å²) in [6.07, 6.45) is 3.61. The maximum atomic E-state index is 11.0. The average molecular weight is 187 g/mol. The molecule has 0 aliphatic carbocycles. The van der Waals surface area contributed by atoms with Gasteiger partial charge in [0.25, 0.3) is 0 Å². The monoisotopic (exact) mass is 187 g/mol. The van der Waals surface area contributed by atoms with Crippen molar-refractivity contribution in [3.8, 4) is 0 Å². The number of carbonyl (C=O) groups is 1. The van der Waals surface area contributed by atoms with Gasteiger partial charge in [-0.1, -0.05) is 13.3 Å². The summed E-state index contributed by atoms with van der Waals surface area (Å²) in [6, 6.07) is 0. The lowest BCUT2D eigenvalue weighted by molar-refractivity contribution is -0.143. The molecule has 0 heterocycles. The Labute approximate surface area is 80.6 Å². The van der Waals surface area contributed by atoms with Crippen LogP contribution >= 0.6 is 0 Å². The van der Waals surface area contributed by atoms with Crippen LogP contribution < -0.4 is 5.73 Å². The fraction of sp³-hybridized carbons (Fsp3) is 0.900. The van der Waals surface area contributed by atoms with Crippen LogP contribution in [0.25, 0.3) is 0 Å². The third-order valence-corrected chi connectivity index (χ3v) is 2.09. The minimum atomic E-state index is -0.1000. The minimum absolute atomic E-state index is 0.1000. The largest absolute Gasteiger partial charge is 0.466 e. The van der Waals surface area contributed by atoms with Crippen LogP contribution in [0.15, 0.2) is 0 Å². The number of esters is 1.